The largest absolute Gasteiger partial charge is 0.465 e. The Morgan fingerprint density at radius 2 is 1.62 bits per heavy atom. The van der Waals surface area contributed by atoms with E-state index in [1.54, 1.807) is 0 Å². The van der Waals surface area contributed by atoms with Crippen LogP contribution in [0.2, 0.25) is 0 Å². The SMILES string of the molecule is CCC(=O)OCC12CC3CC(CC(C3)C1)C2. The number of carbonyl (C=O) groups excluding carboxylic acids is 1. The topological polar surface area (TPSA) is 26.3 Å². The van der Waals surface area contributed by atoms with E-state index in [0.29, 0.717) is 18.4 Å². The van der Waals surface area contributed by atoms with Crippen LogP contribution in [-0.2, 0) is 9.53 Å². The van der Waals surface area contributed by atoms with E-state index in [-0.39, 0.29) is 5.97 Å². The lowest BCUT2D eigenvalue weighted by atomic mass is 9.50. The molecule has 0 radical (unpaired) electrons. The molecule has 0 unspecified atom stereocenters. The summed E-state index contributed by atoms with van der Waals surface area (Å²) in [5.74, 6) is 2.83. The Labute approximate surface area is 97.7 Å². The molecule has 90 valence electrons. The number of hydrogen-bond acceptors (Lipinski definition) is 2. The Morgan fingerprint density at radius 3 is 2.06 bits per heavy atom. The van der Waals surface area contributed by atoms with Crippen LogP contribution in [0.1, 0.15) is 51.9 Å². The van der Waals surface area contributed by atoms with Gasteiger partial charge in [-0.05, 0) is 56.3 Å². The molecule has 2 nitrogen and oxygen atoms in total. The number of rotatable bonds is 3. The highest BCUT2D eigenvalue weighted by molar-refractivity contribution is 5.68. The van der Waals surface area contributed by atoms with Crippen molar-refractivity contribution in [3.63, 3.8) is 0 Å². The van der Waals surface area contributed by atoms with Crippen LogP contribution in [0.25, 0.3) is 0 Å². The third-order valence-electron chi connectivity index (χ3n) is 4.99. The third kappa shape index (κ3) is 1.76. The molecule has 0 aromatic carbocycles. The minimum Gasteiger partial charge on any atom is -0.465 e. The highest BCUT2D eigenvalue weighted by Crippen LogP contribution is 2.60. The minimum atomic E-state index is -0.0178. The van der Waals surface area contributed by atoms with Gasteiger partial charge in [0, 0.05) is 11.8 Å². The van der Waals surface area contributed by atoms with Crippen molar-refractivity contribution >= 4 is 5.97 Å². The molecule has 4 aliphatic carbocycles. The van der Waals surface area contributed by atoms with Crippen molar-refractivity contribution in [3.8, 4) is 0 Å². The summed E-state index contributed by atoms with van der Waals surface area (Å²) >= 11 is 0. The molecule has 4 rings (SSSR count). The van der Waals surface area contributed by atoms with E-state index in [2.05, 4.69) is 0 Å². The maximum atomic E-state index is 11.3. The molecule has 0 atom stereocenters. The quantitative estimate of drug-likeness (QED) is 0.686. The number of hydrogen-bond donors (Lipinski definition) is 0. The van der Waals surface area contributed by atoms with Crippen LogP contribution in [0.4, 0.5) is 0 Å². The molecule has 4 saturated carbocycles. The minimum absolute atomic E-state index is 0.0178. The predicted molar refractivity (Wildman–Crippen MR) is 61.9 cm³/mol. The zero-order valence-electron chi connectivity index (χ0n) is 10.2. The first-order valence-electron chi connectivity index (χ1n) is 6.85. The Balaban J connectivity index is 1.67. The molecule has 16 heavy (non-hydrogen) atoms. The smallest absolute Gasteiger partial charge is 0.305 e. The standard InChI is InChI=1S/C14H22O2/c1-2-13(15)16-9-14-6-10-3-11(7-14)5-12(4-10)8-14/h10-12H,2-9H2,1H3. The van der Waals surface area contributed by atoms with Crippen LogP contribution < -0.4 is 0 Å². The van der Waals surface area contributed by atoms with E-state index in [9.17, 15) is 4.79 Å². The lowest BCUT2D eigenvalue weighted by Crippen LogP contribution is -2.48. The van der Waals surface area contributed by atoms with Gasteiger partial charge in [0.2, 0.25) is 0 Å². The molecule has 0 heterocycles. The number of carbonyl (C=O) groups is 1. The Hall–Kier alpha value is -0.530. The molecule has 0 saturated heterocycles. The number of ether oxygens (including phenoxy) is 1. The molecule has 0 N–H and O–H groups in total. The summed E-state index contributed by atoms with van der Waals surface area (Å²) in [6.45, 7) is 2.59. The summed E-state index contributed by atoms with van der Waals surface area (Å²) < 4.78 is 5.44. The van der Waals surface area contributed by atoms with Crippen LogP contribution in [-0.4, -0.2) is 12.6 Å². The number of esters is 1. The Kier molecular flexibility index (Phi) is 2.49. The summed E-state index contributed by atoms with van der Waals surface area (Å²) in [5.41, 5.74) is 0.388. The summed E-state index contributed by atoms with van der Waals surface area (Å²) in [6.07, 6.45) is 8.89. The van der Waals surface area contributed by atoms with E-state index < -0.39 is 0 Å². The molecule has 0 aromatic heterocycles. The first kappa shape index (κ1) is 10.6. The van der Waals surface area contributed by atoms with Gasteiger partial charge in [0.25, 0.3) is 0 Å². The van der Waals surface area contributed by atoms with Gasteiger partial charge < -0.3 is 4.74 Å². The molecule has 4 bridgehead atoms. The fourth-order valence-corrected chi connectivity index (χ4v) is 4.80. The second-order valence-electron chi connectivity index (χ2n) is 6.43. The molecule has 2 heteroatoms. The maximum absolute atomic E-state index is 11.3. The van der Waals surface area contributed by atoms with Gasteiger partial charge in [-0.15, -0.1) is 0 Å². The molecule has 0 amide bonds. The Morgan fingerprint density at radius 1 is 1.12 bits per heavy atom. The zero-order chi connectivity index (χ0) is 11.2. The molecular weight excluding hydrogens is 200 g/mol. The lowest BCUT2D eigenvalue weighted by molar-refractivity contribution is -0.155. The molecule has 4 aliphatic rings. The van der Waals surface area contributed by atoms with Crippen LogP contribution in [0, 0.1) is 23.2 Å². The van der Waals surface area contributed by atoms with E-state index in [1.165, 1.54) is 38.5 Å². The van der Waals surface area contributed by atoms with E-state index >= 15 is 0 Å². The normalized spacial score (nSPS) is 44.7. The fourth-order valence-electron chi connectivity index (χ4n) is 4.80. The van der Waals surface area contributed by atoms with Crippen molar-refractivity contribution in [2.24, 2.45) is 23.2 Å². The van der Waals surface area contributed by atoms with Gasteiger partial charge in [-0.25, -0.2) is 0 Å². The van der Waals surface area contributed by atoms with Crippen molar-refractivity contribution in [1.29, 1.82) is 0 Å². The third-order valence-corrected chi connectivity index (χ3v) is 4.99. The van der Waals surface area contributed by atoms with Crippen molar-refractivity contribution < 1.29 is 9.53 Å². The maximum Gasteiger partial charge on any atom is 0.305 e. The molecule has 4 fully saturated rings. The summed E-state index contributed by atoms with van der Waals surface area (Å²) in [4.78, 5) is 11.3. The van der Waals surface area contributed by atoms with Crippen molar-refractivity contribution in [2.75, 3.05) is 6.61 Å². The molecule has 0 spiro atoms. The van der Waals surface area contributed by atoms with Crippen molar-refractivity contribution in [3.05, 3.63) is 0 Å². The van der Waals surface area contributed by atoms with Gasteiger partial charge >= 0.3 is 5.97 Å². The van der Waals surface area contributed by atoms with Gasteiger partial charge in [-0.3, -0.25) is 4.79 Å². The Bertz CT molecular complexity index is 260. The van der Waals surface area contributed by atoms with E-state index in [0.717, 1.165) is 17.8 Å². The van der Waals surface area contributed by atoms with Gasteiger partial charge in [0.15, 0.2) is 0 Å². The fraction of sp³-hybridized carbons (Fsp3) is 0.929. The zero-order valence-corrected chi connectivity index (χ0v) is 10.2. The summed E-state index contributed by atoms with van der Waals surface area (Å²) in [6, 6.07) is 0. The molecule has 0 aliphatic heterocycles. The molecule has 0 aromatic rings. The van der Waals surface area contributed by atoms with Gasteiger partial charge in [0.05, 0.1) is 6.61 Å². The first-order chi connectivity index (χ1) is 7.69. The predicted octanol–water partition coefficient (Wildman–Crippen LogP) is 3.16. The summed E-state index contributed by atoms with van der Waals surface area (Å²) in [5, 5.41) is 0. The first-order valence-corrected chi connectivity index (χ1v) is 6.85. The second-order valence-corrected chi connectivity index (χ2v) is 6.43. The van der Waals surface area contributed by atoms with Crippen LogP contribution in [0.15, 0.2) is 0 Å². The lowest BCUT2D eigenvalue weighted by Gasteiger charge is -2.56. The van der Waals surface area contributed by atoms with Crippen LogP contribution in [0.3, 0.4) is 0 Å². The monoisotopic (exact) mass is 222 g/mol. The highest BCUT2D eigenvalue weighted by atomic mass is 16.5. The average Bonchev–Trinajstić information content (AvgIpc) is 2.24. The van der Waals surface area contributed by atoms with Crippen molar-refractivity contribution in [1.82, 2.24) is 0 Å². The summed E-state index contributed by atoms with van der Waals surface area (Å²) in [7, 11) is 0. The van der Waals surface area contributed by atoms with E-state index in [4.69, 9.17) is 4.74 Å². The van der Waals surface area contributed by atoms with Gasteiger partial charge in [-0.1, -0.05) is 6.92 Å². The van der Waals surface area contributed by atoms with Gasteiger partial charge in [-0.2, -0.15) is 0 Å². The van der Waals surface area contributed by atoms with Crippen molar-refractivity contribution in [2.45, 2.75) is 51.9 Å². The van der Waals surface area contributed by atoms with Gasteiger partial charge in [0.1, 0.15) is 0 Å². The highest BCUT2D eigenvalue weighted by Gasteiger charge is 2.51. The average molecular weight is 222 g/mol. The van der Waals surface area contributed by atoms with Crippen LogP contribution >= 0.6 is 0 Å². The second kappa shape index (κ2) is 3.75. The van der Waals surface area contributed by atoms with E-state index in [1.807, 2.05) is 6.92 Å². The molecular formula is C14H22O2. The van der Waals surface area contributed by atoms with Crippen LogP contribution in [0.5, 0.6) is 0 Å².